The highest BCUT2D eigenvalue weighted by Gasteiger charge is 2.04. The Morgan fingerprint density at radius 2 is 1.38 bits per heavy atom. The number of carboxylic acid groups (broad SMARTS) is 1. The minimum atomic E-state index is -0.842. The third-order valence-electron chi connectivity index (χ3n) is 3.25. The topological polar surface area (TPSA) is 37.3 Å². The molecule has 0 aliphatic rings. The number of unbranched alkanes of at least 4 members (excludes halogenated alkanes) is 2. The van der Waals surface area contributed by atoms with Gasteiger partial charge in [0.1, 0.15) is 0 Å². The molecule has 0 fully saturated rings. The number of aliphatic carboxylic acids is 1. The molecular weight excluding hydrogens is 260 g/mol. The van der Waals surface area contributed by atoms with E-state index < -0.39 is 5.97 Å². The standard InChI is InChI=1S/C19H19O2/c20-19(21)15-9-3-8-14-18(16-10-4-1-5-11-16)17-12-6-2-7-13-17/h1-2,4-7,10-15H,3,8-9H2,(H,20,21). The van der Waals surface area contributed by atoms with E-state index in [4.69, 9.17) is 5.11 Å². The van der Waals surface area contributed by atoms with Gasteiger partial charge in [-0.25, -0.2) is 0 Å². The predicted molar refractivity (Wildman–Crippen MR) is 85.7 cm³/mol. The molecule has 0 heterocycles. The highest BCUT2D eigenvalue weighted by atomic mass is 16.4. The molecule has 0 atom stereocenters. The van der Waals surface area contributed by atoms with Crippen molar-refractivity contribution >= 4 is 11.5 Å². The average molecular weight is 279 g/mol. The summed E-state index contributed by atoms with van der Waals surface area (Å²) in [6.07, 6.45) is 5.82. The van der Waals surface area contributed by atoms with Crippen LogP contribution in [-0.4, -0.2) is 11.1 Å². The van der Waals surface area contributed by atoms with Gasteiger partial charge in [0, 0.05) is 0 Å². The molecule has 0 aliphatic heterocycles. The summed E-state index contributed by atoms with van der Waals surface area (Å²) in [6, 6.07) is 20.5. The minimum absolute atomic E-state index is 0.600. The van der Waals surface area contributed by atoms with Gasteiger partial charge in [-0.3, -0.25) is 4.79 Å². The van der Waals surface area contributed by atoms with Crippen molar-refractivity contribution in [1.29, 1.82) is 0 Å². The SMILES string of the molecule is O=C(O)[CH]CCCC=C(c1ccccc1)c1ccccc1. The first-order chi connectivity index (χ1) is 10.3. The lowest BCUT2D eigenvalue weighted by Crippen LogP contribution is -1.94. The van der Waals surface area contributed by atoms with Gasteiger partial charge in [0.15, 0.2) is 0 Å². The molecule has 2 rings (SSSR count). The molecule has 2 nitrogen and oxygen atoms in total. The van der Waals surface area contributed by atoms with E-state index in [9.17, 15) is 4.79 Å². The molecule has 0 unspecified atom stereocenters. The number of carbonyl (C=O) groups is 1. The van der Waals surface area contributed by atoms with Crippen LogP contribution in [0.4, 0.5) is 0 Å². The van der Waals surface area contributed by atoms with Gasteiger partial charge in [-0.1, -0.05) is 66.7 Å². The van der Waals surface area contributed by atoms with Crippen LogP contribution in [0.2, 0.25) is 0 Å². The average Bonchev–Trinajstić information content (AvgIpc) is 2.52. The Kier molecular flexibility index (Phi) is 5.77. The molecule has 0 aromatic heterocycles. The van der Waals surface area contributed by atoms with Gasteiger partial charge in [-0.05, 0) is 36.0 Å². The molecule has 1 N–H and O–H groups in total. The minimum Gasteiger partial charge on any atom is -0.481 e. The molecule has 2 heteroatoms. The van der Waals surface area contributed by atoms with Crippen LogP contribution in [0.5, 0.6) is 0 Å². The lowest BCUT2D eigenvalue weighted by molar-refractivity contribution is -0.133. The van der Waals surface area contributed by atoms with Crippen LogP contribution in [0.1, 0.15) is 30.4 Å². The van der Waals surface area contributed by atoms with Gasteiger partial charge >= 0.3 is 5.97 Å². The summed E-state index contributed by atoms with van der Waals surface area (Å²) in [4.78, 5) is 10.5. The summed E-state index contributed by atoms with van der Waals surface area (Å²) in [7, 11) is 0. The summed E-state index contributed by atoms with van der Waals surface area (Å²) in [5.74, 6) is -0.842. The molecule has 0 saturated carbocycles. The van der Waals surface area contributed by atoms with Crippen LogP contribution in [-0.2, 0) is 4.79 Å². The number of rotatable bonds is 7. The van der Waals surface area contributed by atoms with Crippen molar-refractivity contribution in [3.8, 4) is 0 Å². The third-order valence-corrected chi connectivity index (χ3v) is 3.25. The van der Waals surface area contributed by atoms with Gasteiger partial charge in [-0.2, -0.15) is 0 Å². The first-order valence-electron chi connectivity index (χ1n) is 7.14. The van der Waals surface area contributed by atoms with Crippen molar-refractivity contribution < 1.29 is 9.90 Å². The van der Waals surface area contributed by atoms with Crippen molar-refractivity contribution in [1.82, 2.24) is 0 Å². The van der Waals surface area contributed by atoms with Gasteiger partial charge < -0.3 is 5.11 Å². The van der Waals surface area contributed by atoms with Crippen LogP contribution in [0.15, 0.2) is 66.7 Å². The molecule has 2 aromatic carbocycles. The Hall–Kier alpha value is -2.35. The summed E-state index contributed by atoms with van der Waals surface area (Å²) in [6.45, 7) is 0. The molecule has 107 valence electrons. The van der Waals surface area contributed by atoms with Crippen LogP contribution in [0.3, 0.4) is 0 Å². The van der Waals surface area contributed by atoms with E-state index in [0.717, 1.165) is 12.8 Å². The Morgan fingerprint density at radius 3 is 1.86 bits per heavy atom. The van der Waals surface area contributed by atoms with E-state index in [0.29, 0.717) is 6.42 Å². The summed E-state index contributed by atoms with van der Waals surface area (Å²) in [5.41, 5.74) is 3.57. The maximum absolute atomic E-state index is 10.5. The van der Waals surface area contributed by atoms with E-state index in [1.54, 1.807) is 0 Å². The van der Waals surface area contributed by atoms with Gasteiger partial charge in [0.05, 0.1) is 6.42 Å². The van der Waals surface area contributed by atoms with Crippen molar-refractivity contribution in [3.05, 3.63) is 84.3 Å². The Balaban J connectivity index is 2.11. The maximum Gasteiger partial charge on any atom is 0.307 e. The van der Waals surface area contributed by atoms with Crippen LogP contribution < -0.4 is 0 Å². The van der Waals surface area contributed by atoms with E-state index in [2.05, 4.69) is 30.3 Å². The predicted octanol–water partition coefficient (Wildman–Crippen LogP) is 4.58. The van der Waals surface area contributed by atoms with E-state index >= 15 is 0 Å². The molecular formula is C19H19O2. The third kappa shape index (κ3) is 4.92. The highest BCUT2D eigenvalue weighted by Crippen LogP contribution is 2.24. The normalized spacial score (nSPS) is 10.1. The lowest BCUT2D eigenvalue weighted by atomic mass is 9.96. The fourth-order valence-electron chi connectivity index (χ4n) is 2.23. The number of hydrogen-bond acceptors (Lipinski definition) is 1. The highest BCUT2D eigenvalue weighted by molar-refractivity contribution is 5.79. The van der Waals surface area contributed by atoms with Gasteiger partial charge in [-0.15, -0.1) is 0 Å². The number of carboxylic acids is 1. The Bertz CT molecular complexity index is 544. The molecule has 1 radical (unpaired) electrons. The first-order valence-corrected chi connectivity index (χ1v) is 7.14. The second kappa shape index (κ2) is 8.05. The van der Waals surface area contributed by atoms with Crippen molar-refractivity contribution in [2.24, 2.45) is 0 Å². The van der Waals surface area contributed by atoms with Crippen molar-refractivity contribution in [3.63, 3.8) is 0 Å². The summed E-state index contributed by atoms with van der Waals surface area (Å²) < 4.78 is 0. The van der Waals surface area contributed by atoms with Crippen LogP contribution in [0.25, 0.3) is 5.57 Å². The zero-order valence-electron chi connectivity index (χ0n) is 11.9. The zero-order valence-corrected chi connectivity index (χ0v) is 11.9. The summed E-state index contributed by atoms with van der Waals surface area (Å²) in [5, 5.41) is 8.61. The molecule has 2 aromatic rings. The molecule has 0 aliphatic carbocycles. The molecule has 0 saturated heterocycles. The van der Waals surface area contributed by atoms with Crippen molar-refractivity contribution in [2.75, 3.05) is 0 Å². The Morgan fingerprint density at radius 1 is 0.857 bits per heavy atom. The largest absolute Gasteiger partial charge is 0.481 e. The number of benzene rings is 2. The number of hydrogen-bond donors (Lipinski definition) is 1. The van der Waals surface area contributed by atoms with E-state index in [-0.39, 0.29) is 0 Å². The smallest absolute Gasteiger partial charge is 0.307 e. The van der Waals surface area contributed by atoms with E-state index in [1.165, 1.54) is 23.1 Å². The maximum atomic E-state index is 10.5. The van der Waals surface area contributed by atoms with Crippen LogP contribution >= 0.6 is 0 Å². The molecule has 0 spiro atoms. The summed E-state index contributed by atoms with van der Waals surface area (Å²) >= 11 is 0. The molecule has 0 amide bonds. The number of allylic oxidation sites excluding steroid dienone is 1. The molecule has 0 bridgehead atoms. The fraction of sp³-hybridized carbons (Fsp3) is 0.158. The van der Waals surface area contributed by atoms with Crippen molar-refractivity contribution in [2.45, 2.75) is 19.3 Å². The van der Waals surface area contributed by atoms with E-state index in [1.807, 2.05) is 36.4 Å². The second-order valence-electron chi connectivity index (χ2n) is 4.82. The second-order valence-corrected chi connectivity index (χ2v) is 4.82. The quantitative estimate of drug-likeness (QED) is 0.753. The zero-order chi connectivity index (χ0) is 14.9. The van der Waals surface area contributed by atoms with Gasteiger partial charge in [0.2, 0.25) is 0 Å². The Labute approximate surface area is 125 Å². The molecule has 21 heavy (non-hydrogen) atoms. The fourth-order valence-corrected chi connectivity index (χ4v) is 2.23. The lowest BCUT2D eigenvalue weighted by Gasteiger charge is -2.08. The first kappa shape index (κ1) is 15.0. The van der Waals surface area contributed by atoms with Gasteiger partial charge in [0.25, 0.3) is 0 Å². The van der Waals surface area contributed by atoms with Crippen LogP contribution in [0, 0.1) is 6.42 Å². The monoisotopic (exact) mass is 279 g/mol.